The zero-order valence-electron chi connectivity index (χ0n) is 6.19. The van der Waals surface area contributed by atoms with Gasteiger partial charge in [-0.25, -0.2) is 0 Å². The van der Waals surface area contributed by atoms with Crippen LogP contribution in [0.5, 0.6) is 0 Å². The number of aromatic nitrogens is 1. The quantitative estimate of drug-likeness (QED) is 0.369. The molecule has 0 unspecified atom stereocenters. The van der Waals surface area contributed by atoms with Crippen LogP contribution >= 0.6 is 0 Å². The average molecular weight is 169 g/mol. The molecular weight excluding hydrogens is 161 g/mol. The van der Waals surface area contributed by atoms with E-state index in [1.54, 1.807) is 0 Å². The molecule has 0 amide bonds. The Kier molecular flexibility index (Phi) is 2.64. The summed E-state index contributed by atoms with van der Waals surface area (Å²) in [5.74, 6) is 0. The highest BCUT2D eigenvalue weighted by Gasteiger charge is 2.14. The second kappa shape index (κ2) is 3.53. The highest BCUT2D eigenvalue weighted by molar-refractivity contribution is 6.58. The molecule has 4 N–H and O–H groups in total. The number of aliphatic hydroxyl groups excluding tert-OH is 1. The molecule has 0 fully saturated rings. The lowest BCUT2D eigenvalue weighted by Gasteiger charge is -1.99. The first-order chi connectivity index (χ1) is 5.65. The fourth-order valence-corrected chi connectivity index (χ4v) is 0.821. The van der Waals surface area contributed by atoms with E-state index < -0.39 is 12.7 Å². The molecule has 5 nitrogen and oxygen atoms in total. The third-order valence-corrected chi connectivity index (χ3v) is 1.45. The number of nitrogens with one attached hydrogen (secondary N) is 1. The Morgan fingerprint density at radius 2 is 2.08 bits per heavy atom. The summed E-state index contributed by atoms with van der Waals surface area (Å²) in [4.78, 5) is 13.2. The van der Waals surface area contributed by atoms with E-state index in [9.17, 15) is 4.79 Å². The molecule has 0 aliphatic carbocycles. The van der Waals surface area contributed by atoms with Gasteiger partial charge in [-0.05, 0) is 6.07 Å². The van der Waals surface area contributed by atoms with E-state index in [-0.39, 0.29) is 12.1 Å². The van der Waals surface area contributed by atoms with Gasteiger partial charge in [-0.2, -0.15) is 0 Å². The Morgan fingerprint density at radius 3 is 2.50 bits per heavy atom. The van der Waals surface area contributed by atoms with Crippen molar-refractivity contribution >= 4 is 12.6 Å². The maximum atomic E-state index is 11.0. The van der Waals surface area contributed by atoms with Crippen LogP contribution in [0.15, 0.2) is 16.9 Å². The number of aliphatic hydroxyl groups is 1. The topological polar surface area (TPSA) is 93.6 Å². The van der Waals surface area contributed by atoms with E-state index in [0.29, 0.717) is 5.69 Å². The molecule has 0 bridgehead atoms. The van der Waals surface area contributed by atoms with Gasteiger partial charge >= 0.3 is 7.12 Å². The fourth-order valence-electron chi connectivity index (χ4n) is 0.821. The molecule has 1 aromatic rings. The second-order valence-corrected chi connectivity index (χ2v) is 2.30. The molecule has 64 valence electrons. The Labute approximate surface area is 68.5 Å². The average Bonchev–Trinajstić information content (AvgIpc) is 2.03. The summed E-state index contributed by atoms with van der Waals surface area (Å²) in [7, 11) is -1.78. The van der Waals surface area contributed by atoms with Gasteiger partial charge in [0.25, 0.3) is 0 Å². The number of rotatable bonds is 2. The third-order valence-electron chi connectivity index (χ3n) is 1.45. The smallest absolute Gasteiger partial charge is 0.423 e. The van der Waals surface area contributed by atoms with Crippen LogP contribution in [0, 0.1) is 0 Å². The van der Waals surface area contributed by atoms with Crippen LogP contribution in [0.2, 0.25) is 0 Å². The number of hydrogen-bond donors (Lipinski definition) is 4. The van der Waals surface area contributed by atoms with Crippen molar-refractivity contribution in [2.45, 2.75) is 6.61 Å². The van der Waals surface area contributed by atoms with Crippen molar-refractivity contribution < 1.29 is 15.2 Å². The molecular formula is C6H8BNO4. The van der Waals surface area contributed by atoms with E-state index in [2.05, 4.69) is 4.98 Å². The molecule has 0 aromatic carbocycles. The Morgan fingerprint density at radius 1 is 1.42 bits per heavy atom. The molecule has 0 aliphatic rings. The Bertz CT molecular complexity index is 322. The maximum Gasteiger partial charge on any atom is 0.494 e. The van der Waals surface area contributed by atoms with Gasteiger partial charge in [-0.1, -0.05) is 6.07 Å². The molecule has 0 spiro atoms. The normalized spacial score (nSPS) is 9.92. The van der Waals surface area contributed by atoms with Crippen molar-refractivity contribution in [3.05, 3.63) is 28.2 Å². The minimum atomic E-state index is -1.78. The molecule has 0 atom stereocenters. The van der Waals surface area contributed by atoms with E-state index in [1.165, 1.54) is 12.1 Å². The number of H-pyrrole nitrogens is 1. The van der Waals surface area contributed by atoms with E-state index in [0.717, 1.165) is 0 Å². The first-order valence-corrected chi connectivity index (χ1v) is 3.34. The van der Waals surface area contributed by atoms with Gasteiger partial charge in [0.15, 0.2) is 0 Å². The first kappa shape index (κ1) is 8.99. The number of aromatic amines is 1. The lowest BCUT2D eigenvalue weighted by Crippen LogP contribution is -2.42. The van der Waals surface area contributed by atoms with Crippen molar-refractivity contribution in [1.29, 1.82) is 0 Å². The molecule has 0 radical (unpaired) electrons. The van der Waals surface area contributed by atoms with Crippen LogP contribution in [0.3, 0.4) is 0 Å². The summed E-state index contributed by atoms with van der Waals surface area (Å²) in [6, 6.07) is 2.67. The van der Waals surface area contributed by atoms with Crippen LogP contribution in [0.1, 0.15) is 5.69 Å². The minimum absolute atomic E-state index is 0.132. The monoisotopic (exact) mass is 169 g/mol. The van der Waals surface area contributed by atoms with Gasteiger partial charge in [-0.15, -0.1) is 0 Å². The fraction of sp³-hybridized carbons (Fsp3) is 0.167. The van der Waals surface area contributed by atoms with Crippen LogP contribution in [-0.2, 0) is 6.61 Å². The van der Waals surface area contributed by atoms with Crippen molar-refractivity contribution in [2.24, 2.45) is 0 Å². The summed E-state index contributed by atoms with van der Waals surface area (Å²) >= 11 is 0. The van der Waals surface area contributed by atoms with Crippen LogP contribution in [0.4, 0.5) is 0 Å². The van der Waals surface area contributed by atoms with Crippen LogP contribution in [0.25, 0.3) is 0 Å². The van der Waals surface area contributed by atoms with Gasteiger partial charge in [-0.3, -0.25) is 4.79 Å². The molecule has 0 saturated carbocycles. The molecule has 0 aliphatic heterocycles. The van der Waals surface area contributed by atoms with E-state index >= 15 is 0 Å². The summed E-state index contributed by atoms with van der Waals surface area (Å²) < 4.78 is 0. The summed E-state index contributed by atoms with van der Waals surface area (Å²) in [5, 5.41) is 25.9. The zero-order valence-corrected chi connectivity index (χ0v) is 6.19. The van der Waals surface area contributed by atoms with Crippen molar-refractivity contribution in [2.75, 3.05) is 0 Å². The first-order valence-electron chi connectivity index (χ1n) is 3.34. The van der Waals surface area contributed by atoms with Crippen LogP contribution in [-0.4, -0.2) is 27.3 Å². The SMILES string of the molecule is O=c1[nH]c(CO)ccc1B(O)O. The summed E-state index contributed by atoms with van der Waals surface area (Å²) in [5.41, 5.74) is -0.395. The van der Waals surface area contributed by atoms with Gasteiger partial charge in [0, 0.05) is 11.2 Å². The molecule has 1 heterocycles. The standard InChI is InChI=1S/C6H8BNO4/c9-3-4-1-2-5(7(11)12)6(10)8-4/h1-2,9,11-12H,3H2,(H,8,10). The van der Waals surface area contributed by atoms with Gasteiger partial charge in [0.1, 0.15) is 0 Å². The summed E-state index contributed by atoms with van der Waals surface area (Å²) in [6.07, 6.45) is 0. The molecule has 1 aromatic heterocycles. The minimum Gasteiger partial charge on any atom is -0.423 e. The number of pyridine rings is 1. The molecule has 6 heteroatoms. The lowest BCUT2D eigenvalue weighted by molar-refractivity contribution is 0.276. The van der Waals surface area contributed by atoms with Gasteiger partial charge < -0.3 is 20.1 Å². The zero-order chi connectivity index (χ0) is 9.14. The van der Waals surface area contributed by atoms with Crippen LogP contribution < -0.4 is 11.0 Å². The molecule has 0 saturated heterocycles. The van der Waals surface area contributed by atoms with Crippen molar-refractivity contribution in [3.63, 3.8) is 0 Å². The second-order valence-electron chi connectivity index (χ2n) is 2.30. The lowest BCUT2D eigenvalue weighted by atomic mass is 9.81. The largest absolute Gasteiger partial charge is 0.494 e. The van der Waals surface area contributed by atoms with E-state index in [4.69, 9.17) is 15.2 Å². The van der Waals surface area contributed by atoms with E-state index in [1.807, 2.05) is 0 Å². The highest BCUT2D eigenvalue weighted by Crippen LogP contribution is 1.86. The molecule has 1 rings (SSSR count). The predicted molar refractivity (Wildman–Crippen MR) is 42.8 cm³/mol. The Hall–Kier alpha value is -1.11. The predicted octanol–water partition coefficient (Wildman–Crippen LogP) is -2.45. The van der Waals surface area contributed by atoms with Crippen molar-refractivity contribution in [3.8, 4) is 0 Å². The van der Waals surface area contributed by atoms with Gasteiger partial charge in [0.05, 0.1) is 6.61 Å². The maximum absolute atomic E-state index is 11.0. The van der Waals surface area contributed by atoms with Crippen molar-refractivity contribution in [1.82, 2.24) is 4.98 Å². The summed E-state index contributed by atoms with van der Waals surface area (Å²) in [6.45, 7) is -0.281. The molecule has 12 heavy (non-hydrogen) atoms. The highest BCUT2D eigenvalue weighted by atomic mass is 16.4. The Balaban J connectivity index is 3.12. The third kappa shape index (κ3) is 1.73. The number of hydrogen-bond acceptors (Lipinski definition) is 4. The van der Waals surface area contributed by atoms with Gasteiger partial charge in [0.2, 0.25) is 5.56 Å².